The van der Waals surface area contributed by atoms with E-state index in [1.54, 1.807) is 17.8 Å². The van der Waals surface area contributed by atoms with Crippen molar-refractivity contribution in [2.45, 2.75) is 19.4 Å². The van der Waals surface area contributed by atoms with Crippen molar-refractivity contribution in [2.75, 3.05) is 24.6 Å². The first-order valence-corrected chi connectivity index (χ1v) is 9.30. The fourth-order valence-corrected chi connectivity index (χ4v) is 4.02. The van der Waals surface area contributed by atoms with Crippen LogP contribution in [0, 0.1) is 11.8 Å². The van der Waals surface area contributed by atoms with Gasteiger partial charge in [0.25, 0.3) is 5.92 Å². The molecule has 138 valence electrons. The number of anilines is 1. The number of fused-ring (bicyclic) bond motifs is 1. The molecule has 0 spiro atoms. The first kappa shape index (κ1) is 17.5. The van der Waals surface area contributed by atoms with Crippen LogP contribution in [0.1, 0.15) is 22.8 Å². The first-order chi connectivity index (χ1) is 12.4. The second-order valence-electron chi connectivity index (χ2n) is 6.72. The minimum absolute atomic E-state index is 0.321. The summed E-state index contributed by atoms with van der Waals surface area (Å²) in [5.41, 5.74) is 2.34. The number of hydrogen-bond acceptors (Lipinski definition) is 4. The molecule has 2 aliphatic rings. The zero-order valence-corrected chi connectivity index (χ0v) is 15.7. The smallest absolute Gasteiger partial charge is 0.341 e. The number of aromatic nitrogens is 2. The topological polar surface area (TPSA) is 47.4 Å². The van der Waals surface area contributed by atoms with Gasteiger partial charge in [0.05, 0.1) is 36.7 Å². The zero-order chi connectivity index (χ0) is 18.5. The standard InChI is InChI=1S/C18H18BrF2N3O2/c1-2-26-17(25)12-6-22-24(8-12)7-11-3-4-13(5-16(11)19)23-9-14-15(10-23)18(14,20)21/h3-6,8,14-15H,2,7,9-10H2,1H3. The Morgan fingerprint density at radius 2 is 2.12 bits per heavy atom. The van der Waals surface area contributed by atoms with Crippen molar-refractivity contribution in [3.63, 3.8) is 0 Å². The van der Waals surface area contributed by atoms with Crippen LogP contribution < -0.4 is 4.90 Å². The average molecular weight is 426 g/mol. The van der Waals surface area contributed by atoms with Gasteiger partial charge in [0, 0.05) is 29.4 Å². The summed E-state index contributed by atoms with van der Waals surface area (Å²) in [6.45, 7) is 3.38. The summed E-state index contributed by atoms with van der Waals surface area (Å²) in [6.07, 6.45) is 3.13. The summed E-state index contributed by atoms with van der Waals surface area (Å²) in [5.74, 6) is -3.85. The van der Waals surface area contributed by atoms with Gasteiger partial charge in [0.2, 0.25) is 0 Å². The van der Waals surface area contributed by atoms with Gasteiger partial charge in [-0.2, -0.15) is 5.10 Å². The fourth-order valence-electron chi connectivity index (χ4n) is 3.52. The average Bonchev–Trinajstić information content (AvgIpc) is 3.05. The van der Waals surface area contributed by atoms with Crippen molar-refractivity contribution in [1.82, 2.24) is 9.78 Å². The van der Waals surface area contributed by atoms with E-state index in [0.29, 0.717) is 31.8 Å². The molecule has 0 amide bonds. The maximum absolute atomic E-state index is 13.3. The Morgan fingerprint density at radius 1 is 1.38 bits per heavy atom. The number of esters is 1. The van der Waals surface area contributed by atoms with Gasteiger partial charge in [-0.05, 0) is 24.6 Å². The molecule has 0 N–H and O–H groups in total. The third-order valence-electron chi connectivity index (χ3n) is 5.08. The van der Waals surface area contributed by atoms with Crippen LogP contribution in [0.2, 0.25) is 0 Å². The highest BCUT2D eigenvalue weighted by Gasteiger charge is 2.71. The van der Waals surface area contributed by atoms with Gasteiger partial charge in [-0.1, -0.05) is 22.0 Å². The van der Waals surface area contributed by atoms with E-state index < -0.39 is 23.7 Å². The molecule has 1 aromatic carbocycles. The second kappa shape index (κ2) is 6.33. The summed E-state index contributed by atoms with van der Waals surface area (Å²) >= 11 is 3.55. The lowest BCUT2D eigenvalue weighted by Crippen LogP contribution is -2.27. The van der Waals surface area contributed by atoms with E-state index in [1.807, 2.05) is 23.1 Å². The molecule has 2 atom stereocenters. The number of carbonyl (C=O) groups excluding carboxylic acids is 1. The zero-order valence-electron chi connectivity index (χ0n) is 14.2. The number of rotatable bonds is 5. The summed E-state index contributed by atoms with van der Waals surface area (Å²) in [4.78, 5) is 13.7. The first-order valence-electron chi connectivity index (χ1n) is 8.51. The van der Waals surface area contributed by atoms with Gasteiger partial charge >= 0.3 is 5.97 Å². The molecule has 1 aliphatic heterocycles. The van der Waals surface area contributed by atoms with E-state index in [4.69, 9.17) is 4.74 Å². The summed E-state index contributed by atoms with van der Waals surface area (Å²) in [6, 6.07) is 5.85. The van der Waals surface area contributed by atoms with E-state index >= 15 is 0 Å². The van der Waals surface area contributed by atoms with Crippen molar-refractivity contribution in [3.8, 4) is 0 Å². The number of halogens is 3. The number of piperidine rings is 1. The molecule has 2 fully saturated rings. The highest BCUT2D eigenvalue weighted by atomic mass is 79.9. The third kappa shape index (κ3) is 3.00. The van der Waals surface area contributed by atoms with Crippen LogP contribution >= 0.6 is 15.9 Å². The lowest BCUT2D eigenvalue weighted by molar-refractivity contribution is 0.0526. The number of ether oxygens (including phenoxy) is 1. The SMILES string of the molecule is CCOC(=O)c1cnn(Cc2ccc(N3CC4C(C3)C4(F)F)cc2Br)c1. The molecule has 8 heteroatoms. The van der Waals surface area contributed by atoms with Crippen LogP contribution in [0.15, 0.2) is 35.1 Å². The molecule has 4 rings (SSSR count). The Kier molecular flexibility index (Phi) is 4.25. The van der Waals surface area contributed by atoms with Gasteiger partial charge < -0.3 is 9.64 Å². The molecule has 2 heterocycles. The fraction of sp³-hybridized carbons (Fsp3) is 0.444. The Bertz CT molecular complexity index is 841. The van der Waals surface area contributed by atoms with Gasteiger partial charge in [0.1, 0.15) is 0 Å². The highest BCUT2D eigenvalue weighted by molar-refractivity contribution is 9.10. The molecular formula is C18H18BrF2N3O2. The number of alkyl halides is 2. The number of nitrogens with zero attached hydrogens (tertiary/aromatic N) is 3. The molecule has 26 heavy (non-hydrogen) atoms. The number of benzene rings is 1. The van der Waals surface area contributed by atoms with Gasteiger partial charge in [-0.15, -0.1) is 0 Å². The van der Waals surface area contributed by atoms with Crippen molar-refractivity contribution >= 4 is 27.6 Å². The van der Waals surface area contributed by atoms with Crippen LogP contribution in [-0.4, -0.2) is 41.4 Å². The van der Waals surface area contributed by atoms with Crippen LogP contribution in [0.3, 0.4) is 0 Å². The Morgan fingerprint density at radius 3 is 2.77 bits per heavy atom. The van der Waals surface area contributed by atoms with Gasteiger partial charge in [-0.25, -0.2) is 13.6 Å². The third-order valence-corrected chi connectivity index (χ3v) is 5.82. The molecule has 1 aliphatic carbocycles. The molecule has 0 radical (unpaired) electrons. The maximum Gasteiger partial charge on any atom is 0.341 e. The van der Waals surface area contributed by atoms with Crippen LogP contribution in [0.4, 0.5) is 14.5 Å². The van der Waals surface area contributed by atoms with Crippen LogP contribution in [0.5, 0.6) is 0 Å². The van der Waals surface area contributed by atoms with Crippen molar-refractivity contribution < 1.29 is 18.3 Å². The van der Waals surface area contributed by atoms with Crippen molar-refractivity contribution in [1.29, 1.82) is 0 Å². The monoisotopic (exact) mass is 425 g/mol. The van der Waals surface area contributed by atoms with Gasteiger partial charge in [0.15, 0.2) is 0 Å². The summed E-state index contributed by atoms with van der Waals surface area (Å²) in [5, 5.41) is 4.19. The Balaban J connectivity index is 1.43. The molecule has 2 unspecified atom stereocenters. The second-order valence-corrected chi connectivity index (χ2v) is 7.57. The maximum atomic E-state index is 13.3. The van der Waals surface area contributed by atoms with E-state index in [1.165, 1.54) is 6.20 Å². The largest absolute Gasteiger partial charge is 0.462 e. The lowest BCUT2D eigenvalue weighted by atomic mass is 10.2. The quantitative estimate of drug-likeness (QED) is 0.686. The van der Waals surface area contributed by atoms with E-state index in [0.717, 1.165) is 15.7 Å². The molecule has 1 saturated heterocycles. The molecule has 5 nitrogen and oxygen atoms in total. The molecule has 1 saturated carbocycles. The Hall–Kier alpha value is -1.96. The van der Waals surface area contributed by atoms with E-state index in [9.17, 15) is 13.6 Å². The predicted octanol–water partition coefficient (Wildman–Crippen LogP) is 3.57. The number of hydrogen-bond donors (Lipinski definition) is 0. The Labute approximate surface area is 158 Å². The van der Waals surface area contributed by atoms with Gasteiger partial charge in [-0.3, -0.25) is 4.68 Å². The lowest BCUT2D eigenvalue weighted by Gasteiger charge is -2.22. The molecule has 2 aromatic rings. The minimum Gasteiger partial charge on any atom is -0.462 e. The predicted molar refractivity (Wildman–Crippen MR) is 95.6 cm³/mol. The summed E-state index contributed by atoms with van der Waals surface area (Å²) < 4.78 is 34.2. The van der Waals surface area contributed by atoms with Crippen molar-refractivity contribution in [2.24, 2.45) is 11.8 Å². The van der Waals surface area contributed by atoms with Crippen molar-refractivity contribution in [3.05, 3.63) is 46.2 Å². The molecule has 1 aromatic heterocycles. The molecular weight excluding hydrogens is 408 g/mol. The van der Waals surface area contributed by atoms with E-state index in [-0.39, 0.29) is 0 Å². The van der Waals surface area contributed by atoms with Crippen LogP contribution in [-0.2, 0) is 11.3 Å². The number of carbonyl (C=O) groups is 1. The van der Waals surface area contributed by atoms with E-state index in [2.05, 4.69) is 21.0 Å². The molecule has 0 bridgehead atoms. The summed E-state index contributed by atoms with van der Waals surface area (Å²) in [7, 11) is 0. The highest BCUT2D eigenvalue weighted by Crippen LogP contribution is 2.59. The normalized spacial score (nSPS) is 23.0. The minimum atomic E-state index is -2.47. The van der Waals surface area contributed by atoms with Crippen LogP contribution in [0.25, 0.3) is 0 Å².